The molecule has 2 aromatic rings. The third kappa shape index (κ3) is 1.97. The van der Waals surface area contributed by atoms with Crippen LogP contribution in [0.4, 0.5) is 13.2 Å². The number of H-pyrrole nitrogens is 1. The molecular weight excluding hydrogens is 225 g/mol. The Bertz CT molecular complexity index is 533. The highest BCUT2D eigenvalue weighted by atomic mass is 19.4. The molecule has 1 aromatic heterocycles. The number of nitrogens with zero attached hydrogens (tertiary/aromatic N) is 1. The van der Waals surface area contributed by atoms with Gasteiger partial charge in [0.1, 0.15) is 5.75 Å². The number of fused-ring (bicyclic) bond motifs is 1. The van der Waals surface area contributed by atoms with Crippen LogP contribution < -0.4 is 4.74 Å². The van der Waals surface area contributed by atoms with Gasteiger partial charge in [-0.15, -0.1) is 13.2 Å². The molecule has 84 valence electrons. The van der Waals surface area contributed by atoms with E-state index in [1.54, 1.807) is 0 Å². The van der Waals surface area contributed by atoms with Crippen molar-refractivity contribution in [1.82, 2.24) is 9.97 Å². The van der Waals surface area contributed by atoms with Crippen molar-refractivity contribution in [2.24, 2.45) is 0 Å². The fourth-order valence-corrected chi connectivity index (χ4v) is 1.33. The highest BCUT2D eigenvalue weighted by Gasteiger charge is 2.31. The molecule has 16 heavy (non-hydrogen) atoms. The molecule has 0 spiro atoms. The molecule has 1 heterocycles. The third-order valence-electron chi connectivity index (χ3n) is 1.89. The first-order chi connectivity index (χ1) is 7.49. The highest BCUT2D eigenvalue weighted by molar-refractivity contribution is 5.95. The van der Waals surface area contributed by atoms with Crippen LogP contribution >= 0.6 is 0 Å². The molecule has 0 aliphatic heterocycles. The van der Waals surface area contributed by atoms with E-state index in [1.165, 1.54) is 6.33 Å². The molecule has 1 aromatic carbocycles. The zero-order chi connectivity index (χ0) is 11.8. The molecule has 0 saturated carbocycles. The SMILES string of the molecule is O=Cc1cc(OC(F)(F)F)cc2[nH]cnc12. The fraction of sp³-hybridized carbons (Fsp3) is 0.111. The highest BCUT2D eigenvalue weighted by Crippen LogP contribution is 2.27. The van der Waals surface area contributed by atoms with Crippen LogP contribution in [-0.4, -0.2) is 22.6 Å². The third-order valence-corrected chi connectivity index (χ3v) is 1.89. The van der Waals surface area contributed by atoms with Gasteiger partial charge in [-0.3, -0.25) is 4.79 Å². The minimum absolute atomic E-state index is 0.0398. The van der Waals surface area contributed by atoms with E-state index in [0.717, 1.165) is 12.1 Å². The smallest absolute Gasteiger partial charge is 0.406 e. The molecule has 0 aliphatic carbocycles. The van der Waals surface area contributed by atoms with Crippen LogP contribution in [0, 0.1) is 0 Å². The second-order valence-corrected chi connectivity index (χ2v) is 2.98. The van der Waals surface area contributed by atoms with Crippen LogP contribution in [0.2, 0.25) is 0 Å². The number of halogens is 3. The summed E-state index contributed by atoms with van der Waals surface area (Å²) in [5.74, 6) is -0.452. The molecule has 0 aliphatic rings. The zero-order valence-electron chi connectivity index (χ0n) is 7.71. The largest absolute Gasteiger partial charge is 0.573 e. The summed E-state index contributed by atoms with van der Waals surface area (Å²) in [6, 6.07) is 2.12. The first-order valence-electron chi connectivity index (χ1n) is 4.17. The Labute approximate surface area is 87.0 Å². The lowest BCUT2D eigenvalue weighted by Crippen LogP contribution is -2.17. The van der Waals surface area contributed by atoms with Crippen molar-refractivity contribution in [3.8, 4) is 5.75 Å². The van der Waals surface area contributed by atoms with Gasteiger partial charge in [0.05, 0.1) is 17.4 Å². The Morgan fingerprint density at radius 2 is 2.12 bits per heavy atom. The van der Waals surface area contributed by atoms with Gasteiger partial charge in [-0.05, 0) is 6.07 Å². The van der Waals surface area contributed by atoms with Crippen molar-refractivity contribution in [2.45, 2.75) is 6.36 Å². The molecule has 7 heteroatoms. The van der Waals surface area contributed by atoms with Gasteiger partial charge in [0.25, 0.3) is 0 Å². The van der Waals surface area contributed by atoms with Crippen LogP contribution in [0.15, 0.2) is 18.5 Å². The van der Waals surface area contributed by atoms with E-state index in [-0.39, 0.29) is 5.56 Å². The maximum Gasteiger partial charge on any atom is 0.573 e. The lowest BCUT2D eigenvalue weighted by Gasteiger charge is -2.09. The number of hydrogen-bond donors (Lipinski definition) is 1. The maximum atomic E-state index is 12.0. The van der Waals surface area contributed by atoms with Gasteiger partial charge in [0, 0.05) is 11.6 Å². The average Bonchev–Trinajstić information content (AvgIpc) is 2.61. The van der Waals surface area contributed by atoms with E-state index in [4.69, 9.17) is 0 Å². The molecule has 0 bridgehead atoms. The van der Waals surface area contributed by atoms with E-state index in [0.29, 0.717) is 17.3 Å². The van der Waals surface area contributed by atoms with Gasteiger partial charge in [-0.2, -0.15) is 0 Å². The number of benzene rings is 1. The number of imidazole rings is 1. The standard InChI is InChI=1S/C9H5F3N2O2/c10-9(11,12)16-6-1-5(3-15)8-7(2-6)13-4-14-8/h1-4H,(H,13,14). The Kier molecular flexibility index (Phi) is 2.30. The average molecular weight is 230 g/mol. The normalized spacial score (nSPS) is 11.7. The molecule has 0 saturated heterocycles. The van der Waals surface area contributed by atoms with Crippen molar-refractivity contribution >= 4 is 17.3 Å². The number of aromatic nitrogens is 2. The van der Waals surface area contributed by atoms with Crippen LogP contribution in [0.1, 0.15) is 10.4 Å². The van der Waals surface area contributed by atoms with Gasteiger partial charge < -0.3 is 9.72 Å². The number of nitrogens with one attached hydrogen (secondary N) is 1. The lowest BCUT2D eigenvalue weighted by atomic mass is 10.2. The topological polar surface area (TPSA) is 55.0 Å². The lowest BCUT2D eigenvalue weighted by molar-refractivity contribution is -0.274. The Balaban J connectivity index is 2.51. The van der Waals surface area contributed by atoms with Crippen molar-refractivity contribution in [3.05, 3.63) is 24.0 Å². The number of carbonyl (C=O) groups excluding carboxylic acids is 1. The van der Waals surface area contributed by atoms with E-state index < -0.39 is 12.1 Å². The minimum atomic E-state index is -4.78. The van der Waals surface area contributed by atoms with Crippen molar-refractivity contribution in [2.75, 3.05) is 0 Å². The molecule has 0 unspecified atom stereocenters. The van der Waals surface area contributed by atoms with Crippen molar-refractivity contribution in [1.29, 1.82) is 0 Å². The summed E-state index contributed by atoms with van der Waals surface area (Å²) in [6.07, 6.45) is -3.07. The molecule has 0 amide bonds. The monoisotopic (exact) mass is 230 g/mol. The van der Waals surface area contributed by atoms with Crippen LogP contribution in [0.25, 0.3) is 11.0 Å². The second-order valence-electron chi connectivity index (χ2n) is 2.98. The van der Waals surface area contributed by atoms with Gasteiger partial charge in [0.15, 0.2) is 6.29 Å². The van der Waals surface area contributed by atoms with E-state index in [2.05, 4.69) is 14.7 Å². The molecular formula is C9H5F3N2O2. The van der Waals surface area contributed by atoms with Crippen molar-refractivity contribution < 1.29 is 22.7 Å². The predicted molar refractivity (Wildman–Crippen MR) is 48.2 cm³/mol. The van der Waals surface area contributed by atoms with Gasteiger partial charge in [0.2, 0.25) is 0 Å². The molecule has 1 N–H and O–H groups in total. The summed E-state index contributed by atoms with van der Waals surface area (Å²) >= 11 is 0. The Morgan fingerprint density at radius 1 is 1.38 bits per heavy atom. The summed E-state index contributed by atoms with van der Waals surface area (Å²) in [5, 5.41) is 0. The Morgan fingerprint density at radius 3 is 2.75 bits per heavy atom. The molecule has 0 atom stereocenters. The van der Waals surface area contributed by atoms with Gasteiger partial charge >= 0.3 is 6.36 Å². The molecule has 4 nitrogen and oxygen atoms in total. The molecule has 2 rings (SSSR count). The van der Waals surface area contributed by atoms with Crippen LogP contribution in [-0.2, 0) is 0 Å². The number of aromatic amines is 1. The minimum Gasteiger partial charge on any atom is -0.406 e. The fourth-order valence-electron chi connectivity index (χ4n) is 1.33. The maximum absolute atomic E-state index is 12.0. The van der Waals surface area contributed by atoms with Gasteiger partial charge in [-0.25, -0.2) is 4.98 Å². The van der Waals surface area contributed by atoms with Crippen LogP contribution in [0.3, 0.4) is 0 Å². The quantitative estimate of drug-likeness (QED) is 0.805. The summed E-state index contributed by atoms with van der Waals surface area (Å²) in [6.45, 7) is 0. The number of aldehydes is 1. The summed E-state index contributed by atoms with van der Waals surface area (Å²) in [7, 11) is 0. The number of hydrogen-bond acceptors (Lipinski definition) is 3. The van der Waals surface area contributed by atoms with Crippen molar-refractivity contribution in [3.63, 3.8) is 0 Å². The Hall–Kier alpha value is -2.05. The number of carbonyl (C=O) groups is 1. The number of alkyl halides is 3. The molecule has 0 fully saturated rings. The van der Waals surface area contributed by atoms with Gasteiger partial charge in [-0.1, -0.05) is 0 Å². The summed E-state index contributed by atoms with van der Waals surface area (Å²) in [5.41, 5.74) is 0.659. The summed E-state index contributed by atoms with van der Waals surface area (Å²) in [4.78, 5) is 17.1. The van der Waals surface area contributed by atoms with E-state index in [1.807, 2.05) is 0 Å². The number of ether oxygens (including phenoxy) is 1. The first-order valence-corrected chi connectivity index (χ1v) is 4.17. The summed E-state index contributed by atoms with van der Waals surface area (Å²) < 4.78 is 39.6. The molecule has 0 radical (unpaired) electrons. The first kappa shape index (κ1) is 10.5. The predicted octanol–water partition coefficient (Wildman–Crippen LogP) is 2.27. The van der Waals surface area contributed by atoms with Crippen LogP contribution in [0.5, 0.6) is 5.75 Å². The zero-order valence-corrected chi connectivity index (χ0v) is 7.71. The number of rotatable bonds is 2. The second kappa shape index (κ2) is 3.51. The van der Waals surface area contributed by atoms with E-state index in [9.17, 15) is 18.0 Å². The van der Waals surface area contributed by atoms with E-state index >= 15 is 0 Å².